The molecule has 1 spiro atoms. The summed E-state index contributed by atoms with van der Waals surface area (Å²) < 4.78 is 0. The first kappa shape index (κ1) is 19.5. The average Bonchev–Trinajstić information content (AvgIpc) is 2.83. The van der Waals surface area contributed by atoms with Gasteiger partial charge in [0.25, 0.3) is 0 Å². The lowest BCUT2D eigenvalue weighted by atomic mass is 9.60. The highest BCUT2D eigenvalue weighted by Crippen LogP contribution is 2.58. The van der Waals surface area contributed by atoms with Crippen LogP contribution in [0.3, 0.4) is 0 Å². The first-order valence-electron chi connectivity index (χ1n) is 9.54. The molecule has 138 valence electrons. The zero-order chi connectivity index (χ0) is 17.9. The molecule has 0 aliphatic heterocycles. The van der Waals surface area contributed by atoms with Crippen molar-refractivity contribution < 1.29 is 20.1 Å². The number of rotatable bonds is 7. The van der Waals surface area contributed by atoms with Crippen molar-refractivity contribution in [1.82, 2.24) is 0 Å². The summed E-state index contributed by atoms with van der Waals surface area (Å²) in [6.45, 7) is 6.93. The third-order valence-corrected chi connectivity index (χ3v) is 6.87. The van der Waals surface area contributed by atoms with E-state index < -0.39 is 12.1 Å². The zero-order valence-electron chi connectivity index (χ0n) is 15.4. The van der Waals surface area contributed by atoms with Crippen LogP contribution in [0.25, 0.3) is 0 Å². The largest absolute Gasteiger partial charge is 0.478 e. The van der Waals surface area contributed by atoms with E-state index in [-0.39, 0.29) is 17.6 Å². The Morgan fingerprint density at radius 2 is 2.04 bits per heavy atom. The lowest BCUT2D eigenvalue weighted by molar-refractivity contribution is -0.134. The SMILES string of the molecule is CC(CO)CCCC(C)C1CCC(C)C12CC=C(C(=O)O)C(O)C2. The lowest BCUT2D eigenvalue weighted by Crippen LogP contribution is -2.41. The minimum atomic E-state index is -0.981. The summed E-state index contributed by atoms with van der Waals surface area (Å²) in [5.41, 5.74) is 0.239. The molecule has 0 saturated heterocycles. The van der Waals surface area contributed by atoms with E-state index in [0.717, 1.165) is 25.7 Å². The molecular weight excluding hydrogens is 304 g/mol. The van der Waals surface area contributed by atoms with Crippen LogP contribution in [0.15, 0.2) is 11.6 Å². The monoisotopic (exact) mass is 338 g/mol. The molecule has 4 nitrogen and oxygen atoms in total. The second-order valence-corrected chi connectivity index (χ2v) is 8.40. The van der Waals surface area contributed by atoms with Crippen LogP contribution in [0.1, 0.15) is 65.7 Å². The fourth-order valence-electron chi connectivity index (χ4n) is 5.23. The van der Waals surface area contributed by atoms with E-state index in [9.17, 15) is 15.0 Å². The molecule has 0 radical (unpaired) electrons. The predicted octanol–water partition coefficient (Wildman–Crippen LogP) is 3.62. The Morgan fingerprint density at radius 3 is 2.62 bits per heavy atom. The maximum absolute atomic E-state index is 11.2. The van der Waals surface area contributed by atoms with Gasteiger partial charge in [-0.05, 0) is 61.2 Å². The Hall–Kier alpha value is -0.870. The van der Waals surface area contributed by atoms with E-state index in [0.29, 0.717) is 30.1 Å². The molecule has 6 unspecified atom stereocenters. The van der Waals surface area contributed by atoms with Crippen LogP contribution in [0.5, 0.6) is 0 Å². The Kier molecular flexibility index (Phi) is 6.49. The summed E-state index contributed by atoms with van der Waals surface area (Å²) in [7, 11) is 0. The molecule has 2 aliphatic rings. The maximum atomic E-state index is 11.2. The van der Waals surface area contributed by atoms with Gasteiger partial charge >= 0.3 is 5.97 Å². The zero-order valence-corrected chi connectivity index (χ0v) is 15.4. The summed E-state index contributed by atoms with van der Waals surface area (Å²) in [4.78, 5) is 11.2. The van der Waals surface area contributed by atoms with Gasteiger partial charge in [0, 0.05) is 6.61 Å². The van der Waals surface area contributed by atoms with Gasteiger partial charge in [-0.2, -0.15) is 0 Å². The van der Waals surface area contributed by atoms with Gasteiger partial charge < -0.3 is 15.3 Å². The van der Waals surface area contributed by atoms with Crippen molar-refractivity contribution in [3.8, 4) is 0 Å². The lowest BCUT2D eigenvalue weighted by Gasteiger charge is -2.45. The topological polar surface area (TPSA) is 77.8 Å². The number of hydrogen-bond acceptors (Lipinski definition) is 3. The third-order valence-electron chi connectivity index (χ3n) is 6.87. The maximum Gasteiger partial charge on any atom is 0.333 e. The van der Waals surface area contributed by atoms with Crippen LogP contribution in [-0.4, -0.2) is 34.0 Å². The van der Waals surface area contributed by atoms with Gasteiger partial charge in [-0.15, -0.1) is 0 Å². The molecular formula is C20H34O4. The van der Waals surface area contributed by atoms with Gasteiger partial charge in [0.05, 0.1) is 11.7 Å². The average molecular weight is 338 g/mol. The Labute approximate surface area is 146 Å². The molecule has 0 bridgehead atoms. The van der Waals surface area contributed by atoms with Gasteiger partial charge in [0.1, 0.15) is 0 Å². The first-order chi connectivity index (χ1) is 11.3. The number of allylic oxidation sites excluding steroid dienone is 1. The highest BCUT2D eigenvalue weighted by molar-refractivity contribution is 5.87. The highest BCUT2D eigenvalue weighted by Gasteiger charge is 2.51. The molecule has 2 aliphatic carbocycles. The van der Waals surface area contributed by atoms with Gasteiger partial charge in [0.15, 0.2) is 0 Å². The molecule has 4 heteroatoms. The van der Waals surface area contributed by atoms with E-state index >= 15 is 0 Å². The molecule has 0 heterocycles. The number of aliphatic carboxylic acids is 1. The molecule has 1 fully saturated rings. The van der Waals surface area contributed by atoms with Crippen molar-refractivity contribution in [3.63, 3.8) is 0 Å². The van der Waals surface area contributed by atoms with Crippen LogP contribution in [0.2, 0.25) is 0 Å². The highest BCUT2D eigenvalue weighted by atomic mass is 16.4. The van der Waals surface area contributed by atoms with E-state index in [1.54, 1.807) is 6.08 Å². The second kappa shape index (κ2) is 8.01. The van der Waals surface area contributed by atoms with E-state index in [2.05, 4.69) is 20.8 Å². The van der Waals surface area contributed by atoms with Crippen LogP contribution in [0, 0.1) is 29.1 Å². The molecule has 0 amide bonds. The Bertz CT molecular complexity index is 472. The Balaban J connectivity index is 2.06. The summed E-state index contributed by atoms with van der Waals surface area (Å²) >= 11 is 0. The van der Waals surface area contributed by atoms with Crippen molar-refractivity contribution >= 4 is 5.97 Å². The van der Waals surface area contributed by atoms with E-state index in [1.165, 1.54) is 12.8 Å². The molecule has 0 aromatic heterocycles. The van der Waals surface area contributed by atoms with Crippen LogP contribution >= 0.6 is 0 Å². The van der Waals surface area contributed by atoms with Gasteiger partial charge in [-0.3, -0.25) is 0 Å². The van der Waals surface area contributed by atoms with E-state index in [1.807, 2.05) is 0 Å². The van der Waals surface area contributed by atoms with Crippen LogP contribution in [-0.2, 0) is 4.79 Å². The molecule has 6 atom stereocenters. The smallest absolute Gasteiger partial charge is 0.333 e. The molecule has 24 heavy (non-hydrogen) atoms. The van der Waals surface area contributed by atoms with E-state index in [4.69, 9.17) is 5.11 Å². The molecule has 1 saturated carbocycles. The Morgan fingerprint density at radius 1 is 1.33 bits per heavy atom. The number of carboxylic acid groups (broad SMARTS) is 1. The molecule has 0 aromatic carbocycles. The number of aliphatic hydroxyl groups is 2. The summed E-state index contributed by atoms with van der Waals surface area (Å²) in [6, 6.07) is 0. The predicted molar refractivity (Wildman–Crippen MR) is 94.5 cm³/mol. The summed E-state index contributed by atoms with van der Waals surface area (Å²) in [6.07, 6.45) is 8.02. The fraction of sp³-hybridized carbons (Fsp3) is 0.850. The quantitative estimate of drug-likeness (QED) is 0.662. The number of aliphatic hydroxyl groups excluding tert-OH is 2. The number of carbonyl (C=O) groups is 1. The van der Waals surface area contributed by atoms with Gasteiger partial charge in [-0.1, -0.05) is 39.7 Å². The van der Waals surface area contributed by atoms with Crippen molar-refractivity contribution in [2.45, 2.75) is 71.8 Å². The second-order valence-electron chi connectivity index (χ2n) is 8.40. The van der Waals surface area contributed by atoms with Crippen molar-refractivity contribution in [2.75, 3.05) is 6.61 Å². The third kappa shape index (κ3) is 3.85. The fourth-order valence-corrected chi connectivity index (χ4v) is 5.23. The van der Waals surface area contributed by atoms with Crippen molar-refractivity contribution in [3.05, 3.63) is 11.6 Å². The molecule has 3 N–H and O–H groups in total. The minimum Gasteiger partial charge on any atom is -0.478 e. The number of carboxylic acids is 1. The van der Waals surface area contributed by atoms with Crippen LogP contribution < -0.4 is 0 Å². The van der Waals surface area contributed by atoms with Crippen molar-refractivity contribution in [2.24, 2.45) is 29.1 Å². The normalized spacial score (nSPS) is 35.7. The first-order valence-corrected chi connectivity index (χ1v) is 9.54. The van der Waals surface area contributed by atoms with Crippen molar-refractivity contribution in [1.29, 1.82) is 0 Å². The van der Waals surface area contributed by atoms with Gasteiger partial charge in [-0.25, -0.2) is 4.79 Å². The van der Waals surface area contributed by atoms with Gasteiger partial charge in [0.2, 0.25) is 0 Å². The summed E-state index contributed by atoms with van der Waals surface area (Å²) in [5.74, 6) is 1.05. The minimum absolute atomic E-state index is 0.0559. The van der Waals surface area contributed by atoms with Crippen LogP contribution in [0.4, 0.5) is 0 Å². The molecule has 0 aromatic rings. The standard InChI is InChI=1S/C20H34O4/c1-13(12-21)5-4-6-14(2)17-8-7-15(3)20(17)10-9-16(19(23)24)18(22)11-20/h9,13-15,17-18,21-22H,4-8,10-12H2,1-3H3,(H,23,24). The molecule has 2 rings (SSSR count). The summed E-state index contributed by atoms with van der Waals surface area (Å²) in [5, 5.41) is 28.8. The number of hydrogen-bond donors (Lipinski definition) is 3.